The summed E-state index contributed by atoms with van der Waals surface area (Å²) in [5.74, 6) is 1.80. The van der Waals surface area contributed by atoms with Gasteiger partial charge in [-0.1, -0.05) is 6.42 Å². The van der Waals surface area contributed by atoms with Crippen LogP contribution in [0.3, 0.4) is 0 Å². The molecule has 1 saturated carbocycles. The van der Waals surface area contributed by atoms with Crippen LogP contribution in [0.2, 0.25) is 0 Å². The molecule has 14 heavy (non-hydrogen) atoms. The van der Waals surface area contributed by atoms with E-state index in [0.717, 1.165) is 24.4 Å². The summed E-state index contributed by atoms with van der Waals surface area (Å²) >= 11 is 0. The third kappa shape index (κ3) is 1.37. The van der Waals surface area contributed by atoms with Gasteiger partial charge in [-0.15, -0.1) is 0 Å². The highest BCUT2D eigenvalue weighted by atomic mass is 16.3. The maximum atomic E-state index is 6.19. The zero-order chi connectivity index (χ0) is 10.2. The first-order chi connectivity index (χ1) is 6.68. The van der Waals surface area contributed by atoms with Gasteiger partial charge in [-0.3, -0.25) is 0 Å². The van der Waals surface area contributed by atoms with Crippen molar-refractivity contribution in [1.29, 1.82) is 0 Å². The predicted octanol–water partition coefficient (Wildman–Crippen LogP) is 1.72. The largest absolute Gasteiger partial charge is 0.465 e. The van der Waals surface area contributed by atoms with Crippen molar-refractivity contribution >= 4 is 0 Å². The number of rotatable bonds is 3. The van der Waals surface area contributed by atoms with E-state index in [1.807, 2.05) is 19.1 Å². The fourth-order valence-corrected chi connectivity index (χ4v) is 2.20. The Labute approximate surface area is 84.5 Å². The number of aryl methyl sites for hydroxylation is 1. The van der Waals surface area contributed by atoms with Gasteiger partial charge in [-0.2, -0.15) is 0 Å². The van der Waals surface area contributed by atoms with E-state index in [9.17, 15) is 0 Å². The molecule has 1 atom stereocenters. The van der Waals surface area contributed by atoms with Crippen molar-refractivity contribution in [3.05, 3.63) is 23.7 Å². The molecule has 1 aromatic heterocycles. The van der Waals surface area contributed by atoms with Crippen molar-refractivity contribution in [3.8, 4) is 0 Å². The summed E-state index contributed by atoms with van der Waals surface area (Å²) < 4.78 is 5.55. The van der Waals surface area contributed by atoms with E-state index in [-0.39, 0.29) is 11.5 Å². The summed E-state index contributed by atoms with van der Waals surface area (Å²) in [4.78, 5) is 0. The summed E-state index contributed by atoms with van der Waals surface area (Å²) in [6, 6.07) is 3.89. The fourth-order valence-electron chi connectivity index (χ4n) is 2.20. The summed E-state index contributed by atoms with van der Waals surface area (Å²) in [5, 5.41) is 0. The summed E-state index contributed by atoms with van der Waals surface area (Å²) in [5.41, 5.74) is 12.1. The second kappa shape index (κ2) is 3.41. The average Bonchev–Trinajstić information content (AvgIpc) is 2.50. The van der Waals surface area contributed by atoms with Gasteiger partial charge in [0.15, 0.2) is 0 Å². The molecule has 0 aromatic carbocycles. The first-order valence-electron chi connectivity index (χ1n) is 5.20. The van der Waals surface area contributed by atoms with Crippen molar-refractivity contribution < 1.29 is 4.42 Å². The monoisotopic (exact) mass is 194 g/mol. The maximum Gasteiger partial charge on any atom is 0.121 e. The fraction of sp³-hybridized carbons (Fsp3) is 0.636. The minimum Gasteiger partial charge on any atom is -0.465 e. The quantitative estimate of drug-likeness (QED) is 0.770. The molecular weight excluding hydrogens is 176 g/mol. The molecule has 0 amide bonds. The Morgan fingerprint density at radius 1 is 1.50 bits per heavy atom. The standard InChI is InChI=1S/C11H18N2O/c1-8-3-4-9(14-8)10(13)11(7-12)5-2-6-11/h3-4,10H,2,5-7,12-13H2,1H3. The average molecular weight is 194 g/mol. The number of hydrogen-bond donors (Lipinski definition) is 2. The van der Waals surface area contributed by atoms with Gasteiger partial charge in [0.1, 0.15) is 11.5 Å². The Kier molecular flexibility index (Phi) is 2.37. The highest BCUT2D eigenvalue weighted by Gasteiger charge is 2.43. The topological polar surface area (TPSA) is 65.2 Å². The smallest absolute Gasteiger partial charge is 0.121 e. The Hall–Kier alpha value is -0.800. The van der Waals surface area contributed by atoms with Gasteiger partial charge in [0, 0.05) is 5.41 Å². The van der Waals surface area contributed by atoms with Crippen molar-refractivity contribution in [2.75, 3.05) is 6.54 Å². The highest BCUT2D eigenvalue weighted by Crippen LogP contribution is 2.48. The molecular formula is C11H18N2O. The maximum absolute atomic E-state index is 6.19. The molecule has 3 heteroatoms. The van der Waals surface area contributed by atoms with Gasteiger partial charge in [-0.25, -0.2) is 0 Å². The number of hydrogen-bond acceptors (Lipinski definition) is 3. The van der Waals surface area contributed by atoms with Gasteiger partial charge in [0.2, 0.25) is 0 Å². The van der Waals surface area contributed by atoms with E-state index in [1.165, 1.54) is 6.42 Å². The summed E-state index contributed by atoms with van der Waals surface area (Å²) in [7, 11) is 0. The van der Waals surface area contributed by atoms with Gasteiger partial charge in [0.25, 0.3) is 0 Å². The Bertz CT molecular complexity index is 309. The van der Waals surface area contributed by atoms with Crippen LogP contribution in [0.25, 0.3) is 0 Å². The molecule has 1 aliphatic carbocycles. The van der Waals surface area contributed by atoms with E-state index in [1.54, 1.807) is 0 Å². The van der Waals surface area contributed by atoms with Crippen molar-refractivity contribution in [2.24, 2.45) is 16.9 Å². The van der Waals surface area contributed by atoms with Gasteiger partial charge < -0.3 is 15.9 Å². The van der Waals surface area contributed by atoms with E-state index in [4.69, 9.17) is 15.9 Å². The molecule has 1 unspecified atom stereocenters. The van der Waals surface area contributed by atoms with Crippen LogP contribution in [-0.4, -0.2) is 6.54 Å². The zero-order valence-electron chi connectivity index (χ0n) is 8.62. The first-order valence-corrected chi connectivity index (χ1v) is 5.20. The normalized spacial score (nSPS) is 21.6. The molecule has 0 saturated heterocycles. The lowest BCUT2D eigenvalue weighted by Gasteiger charge is -2.44. The van der Waals surface area contributed by atoms with Crippen molar-refractivity contribution in [3.63, 3.8) is 0 Å². The first kappa shape index (κ1) is 9.74. The molecule has 1 aliphatic rings. The van der Waals surface area contributed by atoms with E-state index in [0.29, 0.717) is 6.54 Å². The third-order valence-corrected chi connectivity index (χ3v) is 3.48. The molecule has 78 valence electrons. The van der Waals surface area contributed by atoms with Gasteiger partial charge in [-0.05, 0) is 38.4 Å². The minimum atomic E-state index is -0.0325. The van der Waals surface area contributed by atoms with E-state index >= 15 is 0 Å². The van der Waals surface area contributed by atoms with Crippen LogP contribution in [-0.2, 0) is 0 Å². The molecule has 2 rings (SSSR count). The second-order valence-corrected chi connectivity index (χ2v) is 4.35. The summed E-state index contributed by atoms with van der Waals surface area (Å²) in [6.07, 6.45) is 3.50. The Morgan fingerprint density at radius 3 is 2.57 bits per heavy atom. The summed E-state index contributed by atoms with van der Waals surface area (Å²) in [6.45, 7) is 2.60. The van der Waals surface area contributed by atoms with Crippen molar-refractivity contribution in [2.45, 2.75) is 32.2 Å². The SMILES string of the molecule is Cc1ccc(C(N)C2(CN)CCC2)o1. The lowest BCUT2D eigenvalue weighted by molar-refractivity contribution is 0.0927. The molecule has 0 bridgehead atoms. The minimum absolute atomic E-state index is 0.0325. The number of furan rings is 1. The second-order valence-electron chi connectivity index (χ2n) is 4.35. The van der Waals surface area contributed by atoms with E-state index < -0.39 is 0 Å². The van der Waals surface area contributed by atoms with Crippen molar-refractivity contribution in [1.82, 2.24) is 0 Å². The lowest BCUT2D eigenvalue weighted by atomic mass is 9.63. The highest BCUT2D eigenvalue weighted by molar-refractivity contribution is 5.14. The van der Waals surface area contributed by atoms with Gasteiger partial charge in [0.05, 0.1) is 6.04 Å². The van der Waals surface area contributed by atoms with Crippen LogP contribution in [0.1, 0.15) is 36.8 Å². The molecule has 1 fully saturated rings. The van der Waals surface area contributed by atoms with Crippen LogP contribution < -0.4 is 11.5 Å². The Morgan fingerprint density at radius 2 is 2.21 bits per heavy atom. The molecule has 0 aliphatic heterocycles. The molecule has 4 N–H and O–H groups in total. The lowest BCUT2D eigenvalue weighted by Crippen LogP contribution is -2.45. The van der Waals surface area contributed by atoms with Crippen LogP contribution in [0, 0.1) is 12.3 Å². The van der Waals surface area contributed by atoms with E-state index in [2.05, 4.69) is 0 Å². The van der Waals surface area contributed by atoms with Crippen LogP contribution in [0.5, 0.6) is 0 Å². The molecule has 0 radical (unpaired) electrons. The molecule has 1 heterocycles. The third-order valence-electron chi connectivity index (χ3n) is 3.48. The van der Waals surface area contributed by atoms with Crippen LogP contribution in [0.4, 0.5) is 0 Å². The zero-order valence-corrected chi connectivity index (χ0v) is 8.62. The number of nitrogens with two attached hydrogens (primary N) is 2. The Balaban J connectivity index is 2.18. The molecule has 3 nitrogen and oxygen atoms in total. The van der Waals surface area contributed by atoms with Gasteiger partial charge >= 0.3 is 0 Å². The molecule has 0 spiro atoms. The molecule has 1 aromatic rings. The van der Waals surface area contributed by atoms with Crippen LogP contribution in [0.15, 0.2) is 16.5 Å². The van der Waals surface area contributed by atoms with Crippen LogP contribution >= 0.6 is 0 Å². The predicted molar refractivity (Wildman–Crippen MR) is 55.7 cm³/mol.